The molecule has 0 amide bonds. The number of nitriles is 1. The Kier molecular flexibility index (Phi) is 5.13. The second kappa shape index (κ2) is 6.67. The van der Waals surface area contributed by atoms with Crippen LogP contribution in [0.3, 0.4) is 0 Å². The molecule has 1 aromatic rings. The molecule has 1 atom stereocenters. The Morgan fingerprint density at radius 1 is 1.48 bits per heavy atom. The van der Waals surface area contributed by atoms with E-state index in [1.807, 2.05) is 19.1 Å². The standard InChI is InChI=1S/C16H21BrN2O2/c1-11(19)7-12-8-13(17)15(14(9-12)20-2)21-10-16(3-4-16)5-6-18/h8-9,11H,3-5,7,10,19H2,1-2H3. The molecule has 21 heavy (non-hydrogen) atoms. The molecular weight excluding hydrogens is 332 g/mol. The van der Waals surface area contributed by atoms with Gasteiger partial charge in [0.25, 0.3) is 0 Å². The zero-order valence-corrected chi connectivity index (χ0v) is 14.1. The average Bonchev–Trinajstić information content (AvgIpc) is 3.16. The summed E-state index contributed by atoms with van der Waals surface area (Å²) in [6.45, 7) is 2.53. The highest BCUT2D eigenvalue weighted by Crippen LogP contribution is 2.49. The van der Waals surface area contributed by atoms with Crippen molar-refractivity contribution in [1.29, 1.82) is 5.26 Å². The van der Waals surface area contributed by atoms with Gasteiger partial charge >= 0.3 is 0 Å². The zero-order valence-electron chi connectivity index (χ0n) is 12.5. The number of nitrogens with zero attached hydrogens (tertiary/aromatic N) is 1. The minimum atomic E-state index is 0.0453. The topological polar surface area (TPSA) is 68.3 Å². The second-order valence-electron chi connectivity index (χ2n) is 5.91. The maximum Gasteiger partial charge on any atom is 0.175 e. The monoisotopic (exact) mass is 352 g/mol. The molecule has 2 rings (SSSR count). The summed E-state index contributed by atoms with van der Waals surface area (Å²) in [6.07, 6.45) is 3.45. The van der Waals surface area contributed by atoms with E-state index in [4.69, 9.17) is 20.5 Å². The maximum absolute atomic E-state index is 8.86. The van der Waals surface area contributed by atoms with Crippen molar-refractivity contribution >= 4 is 15.9 Å². The summed E-state index contributed by atoms with van der Waals surface area (Å²) in [5.41, 5.74) is 7.00. The number of hydrogen-bond donors (Lipinski definition) is 1. The Morgan fingerprint density at radius 3 is 2.71 bits per heavy atom. The highest BCUT2D eigenvalue weighted by molar-refractivity contribution is 9.10. The first-order valence-electron chi connectivity index (χ1n) is 7.11. The molecule has 0 radical (unpaired) electrons. The molecule has 0 aliphatic heterocycles. The first-order chi connectivity index (χ1) is 9.99. The summed E-state index contributed by atoms with van der Waals surface area (Å²) in [5, 5.41) is 8.86. The van der Waals surface area contributed by atoms with Crippen LogP contribution in [0.5, 0.6) is 11.5 Å². The van der Waals surface area contributed by atoms with Gasteiger partial charge in [0.15, 0.2) is 11.5 Å². The van der Waals surface area contributed by atoms with Gasteiger partial charge in [-0.1, -0.05) is 0 Å². The first kappa shape index (κ1) is 16.1. The van der Waals surface area contributed by atoms with Crippen LogP contribution in [0.4, 0.5) is 0 Å². The van der Waals surface area contributed by atoms with Crippen molar-refractivity contribution in [3.8, 4) is 17.6 Å². The van der Waals surface area contributed by atoms with Crippen LogP contribution in [0, 0.1) is 16.7 Å². The van der Waals surface area contributed by atoms with E-state index < -0.39 is 0 Å². The zero-order chi connectivity index (χ0) is 15.5. The summed E-state index contributed by atoms with van der Waals surface area (Å²) in [6, 6.07) is 6.32. The number of methoxy groups -OCH3 is 1. The molecule has 0 bridgehead atoms. The molecule has 0 heterocycles. The third-order valence-corrected chi connectivity index (χ3v) is 4.37. The maximum atomic E-state index is 8.86. The van der Waals surface area contributed by atoms with Crippen LogP contribution in [0.15, 0.2) is 16.6 Å². The van der Waals surface area contributed by atoms with E-state index >= 15 is 0 Å². The summed E-state index contributed by atoms with van der Waals surface area (Å²) in [4.78, 5) is 0. The lowest BCUT2D eigenvalue weighted by molar-refractivity contribution is 0.225. The lowest BCUT2D eigenvalue weighted by Crippen LogP contribution is -2.18. The van der Waals surface area contributed by atoms with E-state index in [1.54, 1.807) is 7.11 Å². The molecule has 1 saturated carbocycles. The van der Waals surface area contributed by atoms with Crippen molar-refractivity contribution in [2.45, 2.75) is 38.6 Å². The fraction of sp³-hybridized carbons (Fsp3) is 0.562. The molecule has 1 aliphatic rings. The van der Waals surface area contributed by atoms with Crippen molar-refractivity contribution < 1.29 is 9.47 Å². The van der Waals surface area contributed by atoms with E-state index in [-0.39, 0.29) is 11.5 Å². The van der Waals surface area contributed by atoms with Crippen LogP contribution in [-0.4, -0.2) is 19.8 Å². The molecular formula is C16H21BrN2O2. The highest BCUT2D eigenvalue weighted by atomic mass is 79.9. The molecule has 1 aliphatic carbocycles. The first-order valence-corrected chi connectivity index (χ1v) is 7.91. The Labute approximate surface area is 134 Å². The van der Waals surface area contributed by atoms with Crippen molar-refractivity contribution in [2.24, 2.45) is 11.1 Å². The van der Waals surface area contributed by atoms with Crippen molar-refractivity contribution in [1.82, 2.24) is 0 Å². The summed E-state index contributed by atoms with van der Waals surface area (Å²) in [7, 11) is 1.63. The van der Waals surface area contributed by atoms with Gasteiger partial charge in [0.2, 0.25) is 0 Å². The van der Waals surface area contributed by atoms with E-state index in [9.17, 15) is 0 Å². The van der Waals surface area contributed by atoms with Gasteiger partial charge in [-0.2, -0.15) is 5.26 Å². The lowest BCUT2D eigenvalue weighted by Gasteiger charge is -2.18. The largest absolute Gasteiger partial charge is 0.493 e. The lowest BCUT2D eigenvalue weighted by atomic mass is 10.1. The van der Waals surface area contributed by atoms with Crippen molar-refractivity contribution in [3.63, 3.8) is 0 Å². The quantitative estimate of drug-likeness (QED) is 0.816. The fourth-order valence-corrected chi connectivity index (χ4v) is 2.95. The van der Waals surface area contributed by atoms with Crippen LogP contribution >= 0.6 is 15.9 Å². The third kappa shape index (κ3) is 4.12. The van der Waals surface area contributed by atoms with Crippen LogP contribution < -0.4 is 15.2 Å². The number of benzene rings is 1. The van der Waals surface area contributed by atoms with Crippen LogP contribution in [0.1, 0.15) is 31.7 Å². The number of ether oxygens (including phenoxy) is 2. The van der Waals surface area contributed by atoms with Crippen molar-refractivity contribution in [2.75, 3.05) is 13.7 Å². The Hall–Kier alpha value is -1.25. The highest BCUT2D eigenvalue weighted by Gasteiger charge is 2.43. The predicted octanol–water partition coefficient (Wildman–Crippen LogP) is 3.42. The van der Waals surface area contributed by atoms with E-state index in [0.717, 1.165) is 29.3 Å². The Bertz CT molecular complexity index is 548. The molecule has 4 nitrogen and oxygen atoms in total. The average molecular weight is 353 g/mol. The van der Waals surface area contributed by atoms with Gasteiger partial charge in [-0.15, -0.1) is 0 Å². The van der Waals surface area contributed by atoms with E-state index in [1.165, 1.54) is 0 Å². The minimum Gasteiger partial charge on any atom is -0.493 e. The van der Waals surface area contributed by atoms with Crippen LogP contribution in [0.25, 0.3) is 0 Å². The van der Waals surface area contributed by atoms with Gasteiger partial charge in [-0.05, 0) is 59.8 Å². The molecule has 0 saturated heterocycles. The van der Waals surface area contributed by atoms with Gasteiger partial charge in [0.1, 0.15) is 0 Å². The molecule has 0 aromatic heterocycles. The smallest absolute Gasteiger partial charge is 0.175 e. The Balaban J connectivity index is 2.13. The summed E-state index contributed by atoms with van der Waals surface area (Å²) in [5.74, 6) is 1.41. The van der Waals surface area contributed by atoms with Gasteiger partial charge in [-0.25, -0.2) is 0 Å². The SMILES string of the molecule is COc1cc(CC(C)N)cc(Br)c1OCC1(CC#N)CC1. The minimum absolute atomic E-state index is 0.0453. The summed E-state index contributed by atoms with van der Waals surface area (Å²) < 4.78 is 12.2. The number of hydrogen-bond acceptors (Lipinski definition) is 4. The second-order valence-corrected chi connectivity index (χ2v) is 6.77. The predicted molar refractivity (Wildman–Crippen MR) is 85.4 cm³/mol. The number of halogens is 1. The van der Waals surface area contributed by atoms with Crippen LogP contribution in [-0.2, 0) is 6.42 Å². The fourth-order valence-electron chi connectivity index (χ4n) is 2.34. The molecule has 1 fully saturated rings. The Morgan fingerprint density at radius 2 is 2.19 bits per heavy atom. The number of nitrogens with two attached hydrogens (primary N) is 1. The molecule has 2 N–H and O–H groups in total. The number of rotatable bonds is 7. The third-order valence-electron chi connectivity index (χ3n) is 3.78. The van der Waals surface area contributed by atoms with Crippen molar-refractivity contribution in [3.05, 3.63) is 22.2 Å². The molecule has 1 unspecified atom stereocenters. The molecule has 5 heteroatoms. The normalized spacial score (nSPS) is 16.9. The summed E-state index contributed by atoms with van der Waals surface area (Å²) >= 11 is 3.55. The van der Waals surface area contributed by atoms with Gasteiger partial charge in [0.05, 0.1) is 24.3 Å². The van der Waals surface area contributed by atoms with Gasteiger partial charge < -0.3 is 15.2 Å². The van der Waals surface area contributed by atoms with Gasteiger partial charge in [0, 0.05) is 17.9 Å². The van der Waals surface area contributed by atoms with Crippen LogP contribution in [0.2, 0.25) is 0 Å². The van der Waals surface area contributed by atoms with E-state index in [2.05, 4.69) is 22.0 Å². The molecule has 0 spiro atoms. The molecule has 114 valence electrons. The van der Waals surface area contributed by atoms with Gasteiger partial charge in [-0.3, -0.25) is 0 Å². The van der Waals surface area contributed by atoms with E-state index in [0.29, 0.717) is 24.5 Å². The molecule has 1 aromatic carbocycles.